The highest BCUT2D eigenvalue weighted by atomic mass is 127. The monoisotopic (exact) mass is 265 g/mol. The van der Waals surface area contributed by atoms with E-state index in [1.165, 1.54) is 43.2 Å². The lowest BCUT2D eigenvalue weighted by atomic mass is 9.92. The molecule has 2 atom stereocenters. The van der Waals surface area contributed by atoms with E-state index >= 15 is 0 Å². The van der Waals surface area contributed by atoms with Gasteiger partial charge in [-0.15, -0.1) is 0 Å². The third-order valence-corrected chi connectivity index (χ3v) is 3.90. The van der Waals surface area contributed by atoms with Crippen molar-refractivity contribution in [3.05, 3.63) is 0 Å². The first-order chi connectivity index (χ1) is 5.42. The molecule has 64 valence electrons. The zero-order valence-corrected chi connectivity index (χ0v) is 9.09. The second kappa shape index (κ2) is 3.60. The number of likely N-dealkylation sites (tertiary alicyclic amines) is 1. The van der Waals surface area contributed by atoms with Crippen LogP contribution >= 0.6 is 22.6 Å². The molecule has 1 heterocycles. The minimum Gasteiger partial charge on any atom is -0.300 e. The van der Waals surface area contributed by atoms with E-state index in [9.17, 15) is 0 Å². The summed E-state index contributed by atoms with van der Waals surface area (Å²) in [5.41, 5.74) is 0. The molecule has 0 N–H and O–H groups in total. The van der Waals surface area contributed by atoms with E-state index in [4.69, 9.17) is 0 Å². The molecule has 2 unspecified atom stereocenters. The van der Waals surface area contributed by atoms with Gasteiger partial charge in [0, 0.05) is 17.0 Å². The summed E-state index contributed by atoms with van der Waals surface area (Å²) in [5, 5.41) is 0. The molecule has 1 nitrogen and oxygen atoms in total. The molecule has 1 aliphatic carbocycles. The molecule has 1 saturated heterocycles. The Bertz CT molecular complexity index is 138. The third kappa shape index (κ3) is 1.57. The fraction of sp³-hybridized carbons (Fsp3) is 1.00. The quantitative estimate of drug-likeness (QED) is 0.559. The summed E-state index contributed by atoms with van der Waals surface area (Å²) in [6.07, 6.45) is 5.90. The SMILES string of the molecule is ICCCN1CC2CCCC21. The van der Waals surface area contributed by atoms with Crippen LogP contribution in [-0.4, -0.2) is 28.5 Å². The van der Waals surface area contributed by atoms with Crippen LogP contribution in [0.2, 0.25) is 0 Å². The van der Waals surface area contributed by atoms with Gasteiger partial charge in [-0.05, 0) is 31.7 Å². The van der Waals surface area contributed by atoms with Crippen LogP contribution in [0.5, 0.6) is 0 Å². The summed E-state index contributed by atoms with van der Waals surface area (Å²) < 4.78 is 1.33. The maximum atomic E-state index is 2.69. The molecule has 0 aromatic heterocycles. The lowest BCUT2D eigenvalue weighted by Gasteiger charge is -2.44. The Balaban J connectivity index is 1.73. The van der Waals surface area contributed by atoms with Gasteiger partial charge in [0.05, 0.1) is 0 Å². The van der Waals surface area contributed by atoms with E-state index in [1.54, 1.807) is 0 Å². The van der Waals surface area contributed by atoms with Crippen molar-refractivity contribution < 1.29 is 0 Å². The molecule has 1 aliphatic heterocycles. The average molecular weight is 265 g/mol. The van der Waals surface area contributed by atoms with Gasteiger partial charge in [0.15, 0.2) is 0 Å². The summed E-state index contributed by atoms with van der Waals surface area (Å²) in [5.74, 6) is 1.10. The van der Waals surface area contributed by atoms with Gasteiger partial charge in [-0.1, -0.05) is 29.0 Å². The number of rotatable bonds is 3. The van der Waals surface area contributed by atoms with Crippen molar-refractivity contribution in [2.45, 2.75) is 31.7 Å². The van der Waals surface area contributed by atoms with Crippen LogP contribution in [0.3, 0.4) is 0 Å². The number of hydrogen-bond acceptors (Lipinski definition) is 1. The van der Waals surface area contributed by atoms with Crippen LogP contribution in [0.25, 0.3) is 0 Å². The first-order valence-corrected chi connectivity index (χ1v) is 6.24. The minimum absolute atomic E-state index is 1.01. The van der Waals surface area contributed by atoms with E-state index in [0.717, 1.165) is 12.0 Å². The number of alkyl halides is 1. The standard InChI is InChI=1S/C9H16IN/c10-5-2-6-11-7-8-3-1-4-9(8)11/h8-9H,1-7H2. The summed E-state index contributed by atoms with van der Waals surface area (Å²) in [6.45, 7) is 2.78. The van der Waals surface area contributed by atoms with Gasteiger partial charge in [-0.2, -0.15) is 0 Å². The Hall–Kier alpha value is 0.690. The summed E-state index contributed by atoms with van der Waals surface area (Å²) in [6, 6.07) is 1.01. The van der Waals surface area contributed by atoms with Crippen molar-refractivity contribution in [2.24, 2.45) is 5.92 Å². The molecule has 0 aromatic carbocycles. The smallest absolute Gasteiger partial charge is 0.0136 e. The van der Waals surface area contributed by atoms with Crippen LogP contribution in [0.1, 0.15) is 25.7 Å². The van der Waals surface area contributed by atoms with Crippen molar-refractivity contribution in [3.63, 3.8) is 0 Å². The van der Waals surface area contributed by atoms with Crippen molar-refractivity contribution in [2.75, 3.05) is 17.5 Å². The average Bonchev–Trinajstić information content (AvgIpc) is 2.33. The molecule has 0 radical (unpaired) electrons. The molecule has 0 aromatic rings. The second-order valence-electron chi connectivity index (χ2n) is 3.80. The van der Waals surface area contributed by atoms with Gasteiger partial charge in [-0.3, -0.25) is 4.90 Å². The highest BCUT2D eigenvalue weighted by Crippen LogP contribution is 2.38. The van der Waals surface area contributed by atoms with Gasteiger partial charge in [0.1, 0.15) is 0 Å². The zero-order valence-electron chi connectivity index (χ0n) is 6.93. The van der Waals surface area contributed by atoms with E-state index in [2.05, 4.69) is 27.5 Å². The molecule has 2 heteroatoms. The number of hydrogen-bond donors (Lipinski definition) is 0. The Kier molecular flexibility index (Phi) is 2.72. The fourth-order valence-electron chi connectivity index (χ4n) is 2.53. The molecule has 1 saturated carbocycles. The normalized spacial score (nSPS) is 36.8. The molecule has 2 rings (SSSR count). The van der Waals surface area contributed by atoms with E-state index in [1.807, 2.05) is 0 Å². The number of nitrogens with zero attached hydrogens (tertiary/aromatic N) is 1. The topological polar surface area (TPSA) is 3.24 Å². The highest BCUT2D eigenvalue weighted by Gasteiger charge is 2.40. The molecule has 0 amide bonds. The largest absolute Gasteiger partial charge is 0.300 e. The molecular formula is C9H16IN. The Labute approximate surface area is 82.7 Å². The minimum atomic E-state index is 1.01. The maximum absolute atomic E-state index is 2.69. The van der Waals surface area contributed by atoms with Crippen LogP contribution < -0.4 is 0 Å². The zero-order chi connectivity index (χ0) is 7.68. The summed E-state index contributed by atoms with van der Waals surface area (Å²) in [4.78, 5) is 2.69. The molecule has 0 spiro atoms. The van der Waals surface area contributed by atoms with Crippen LogP contribution in [0.4, 0.5) is 0 Å². The van der Waals surface area contributed by atoms with Gasteiger partial charge in [-0.25, -0.2) is 0 Å². The summed E-state index contributed by atoms with van der Waals surface area (Å²) >= 11 is 2.47. The van der Waals surface area contributed by atoms with Crippen LogP contribution in [-0.2, 0) is 0 Å². The number of fused-ring (bicyclic) bond motifs is 1. The molecule has 11 heavy (non-hydrogen) atoms. The Morgan fingerprint density at radius 2 is 2.27 bits per heavy atom. The first kappa shape index (κ1) is 8.30. The van der Waals surface area contributed by atoms with Crippen LogP contribution in [0, 0.1) is 5.92 Å². The first-order valence-electron chi connectivity index (χ1n) is 4.72. The summed E-state index contributed by atoms with van der Waals surface area (Å²) in [7, 11) is 0. The van der Waals surface area contributed by atoms with Crippen molar-refractivity contribution in [3.8, 4) is 0 Å². The van der Waals surface area contributed by atoms with Gasteiger partial charge in [0.25, 0.3) is 0 Å². The molecule has 2 fully saturated rings. The van der Waals surface area contributed by atoms with Gasteiger partial charge in [0.2, 0.25) is 0 Å². The highest BCUT2D eigenvalue weighted by molar-refractivity contribution is 14.1. The second-order valence-corrected chi connectivity index (χ2v) is 4.87. The lowest BCUT2D eigenvalue weighted by molar-refractivity contribution is 0.0392. The van der Waals surface area contributed by atoms with E-state index in [-0.39, 0.29) is 0 Å². The Morgan fingerprint density at radius 1 is 1.36 bits per heavy atom. The van der Waals surface area contributed by atoms with Crippen molar-refractivity contribution in [1.29, 1.82) is 0 Å². The Morgan fingerprint density at radius 3 is 3.00 bits per heavy atom. The third-order valence-electron chi connectivity index (χ3n) is 3.14. The van der Waals surface area contributed by atoms with E-state index in [0.29, 0.717) is 0 Å². The molecule has 0 bridgehead atoms. The fourth-order valence-corrected chi connectivity index (χ4v) is 2.87. The molecular weight excluding hydrogens is 249 g/mol. The number of halogens is 1. The van der Waals surface area contributed by atoms with Crippen molar-refractivity contribution >= 4 is 22.6 Å². The van der Waals surface area contributed by atoms with Crippen LogP contribution in [0.15, 0.2) is 0 Å². The predicted octanol–water partition coefficient (Wildman–Crippen LogP) is 2.30. The van der Waals surface area contributed by atoms with Gasteiger partial charge >= 0.3 is 0 Å². The van der Waals surface area contributed by atoms with E-state index < -0.39 is 0 Å². The maximum Gasteiger partial charge on any atom is 0.0136 e. The predicted molar refractivity (Wildman–Crippen MR) is 56.2 cm³/mol. The lowest BCUT2D eigenvalue weighted by Crippen LogP contribution is -2.53. The van der Waals surface area contributed by atoms with Gasteiger partial charge < -0.3 is 0 Å². The van der Waals surface area contributed by atoms with Crippen molar-refractivity contribution in [1.82, 2.24) is 4.90 Å². The molecule has 2 aliphatic rings.